The van der Waals surface area contributed by atoms with Crippen LogP contribution in [0.25, 0.3) is 11.4 Å². The molecule has 7 heteroatoms. The molecule has 2 aromatic heterocycles. The molecule has 4 N–H and O–H groups in total. The van der Waals surface area contributed by atoms with Crippen LogP contribution >= 0.6 is 0 Å². The first-order valence-electron chi connectivity index (χ1n) is 8.88. The Morgan fingerprint density at radius 3 is 2.65 bits per heavy atom. The van der Waals surface area contributed by atoms with Gasteiger partial charge in [-0.15, -0.1) is 0 Å². The van der Waals surface area contributed by atoms with E-state index in [2.05, 4.69) is 55.5 Å². The van der Waals surface area contributed by atoms with Crippen LogP contribution in [0.1, 0.15) is 24.1 Å². The largest absolute Gasteiger partial charge is 0.382 e. The molecule has 1 aromatic carbocycles. The lowest BCUT2D eigenvalue weighted by Gasteiger charge is -2.21. The van der Waals surface area contributed by atoms with Gasteiger partial charge in [0, 0.05) is 30.2 Å². The van der Waals surface area contributed by atoms with Crippen molar-refractivity contribution < 1.29 is 0 Å². The maximum absolute atomic E-state index is 6.09. The first-order chi connectivity index (χ1) is 12.6. The maximum Gasteiger partial charge on any atom is 0.154 e. The normalized spacial score (nSPS) is 14.0. The van der Waals surface area contributed by atoms with Gasteiger partial charge in [0.15, 0.2) is 11.6 Å². The van der Waals surface area contributed by atoms with E-state index >= 15 is 0 Å². The van der Waals surface area contributed by atoms with Gasteiger partial charge in [0.25, 0.3) is 0 Å². The molecule has 26 heavy (non-hydrogen) atoms. The number of benzene rings is 1. The Labute approximate surface area is 152 Å². The Balaban J connectivity index is 1.57. The Hall–Kier alpha value is -3.09. The van der Waals surface area contributed by atoms with Crippen LogP contribution in [0.2, 0.25) is 0 Å². The highest BCUT2D eigenvalue weighted by atomic mass is 15.2. The van der Waals surface area contributed by atoms with Crippen molar-refractivity contribution in [2.45, 2.75) is 26.7 Å². The lowest BCUT2D eigenvalue weighted by Crippen LogP contribution is -2.18. The molecule has 0 saturated carbocycles. The average molecular weight is 349 g/mol. The Kier molecular flexibility index (Phi) is 4.20. The molecule has 3 aromatic rings. The van der Waals surface area contributed by atoms with Gasteiger partial charge < -0.3 is 16.0 Å². The minimum absolute atomic E-state index is 0.355. The first-order valence-corrected chi connectivity index (χ1v) is 8.88. The average Bonchev–Trinajstić information content (AvgIpc) is 3.29. The van der Waals surface area contributed by atoms with E-state index in [4.69, 9.17) is 5.73 Å². The van der Waals surface area contributed by atoms with E-state index in [9.17, 15) is 0 Å². The third-order valence-corrected chi connectivity index (χ3v) is 4.68. The summed E-state index contributed by atoms with van der Waals surface area (Å²) >= 11 is 0. The van der Waals surface area contributed by atoms with Gasteiger partial charge in [-0.25, -0.2) is 9.97 Å². The fourth-order valence-electron chi connectivity index (χ4n) is 3.33. The second-order valence-corrected chi connectivity index (χ2v) is 6.75. The lowest BCUT2D eigenvalue weighted by atomic mass is 10.1. The van der Waals surface area contributed by atoms with Crippen LogP contribution in [0, 0.1) is 13.8 Å². The van der Waals surface area contributed by atoms with E-state index in [1.807, 2.05) is 13.0 Å². The van der Waals surface area contributed by atoms with E-state index < -0.39 is 0 Å². The number of aryl methyl sites for hydroxylation is 2. The summed E-state index contributed by atoms with van der Waals surface area (Å²) < 4.78 is 0. The number of H-pyrrole nitrogens is 1. The van der Waals surface area contributed by atoms with Gasteiger partial charge in [-0.1, -0.05) is 6.07 Å². The lowest BCUT2D eigenvalue weighted by molar-refractivity contribution is 0.949. The van der Waals surface area contributed by atoms with Crippen molar-refractivity contribution in [1.29, 1.82) is 0 Å². The molecule has 1 saturated heterocycles. The zero-order valence-electron chi connectivity index (χ0n) is 15.1. The highest BCUT2D eigenvalue weighted by molar-refractivity contribution is 5.70. The topological polar surface area (TPSA) is 95.8 Å². The van der Waals surface area contributed by atoms with E-state index in [1.54, 1.807) is 6.20 Å². The summed E-state index contributed by atoms with van der Waals surface area (Å²) in [5.74, 6) is 0.975. The van der Waals surface area contributed by atoms with Crippen molar-refractivity contribution in [3.05, 3.63) is 41.7 Å². The maximum atomic E-state index is 6.09. The van der Waals surface area contributed by atoms with Gasteiger partial charge in [0.2, 0.25) is 0 Å². The fraction of sp³-hybridized carbons (Fsp3) is 0.316. The molecular formula is C19H23N7. The third kappa shape index (κ3) is 3.20. The van der Waals surface area contributed by atoms with Crippen molar-refractivity contribution >= 4 is 23.0 Å². The summed E-state index contributed by atoms with van der Waals surface area (Å²) in [5, 5.41) is 10.4. The van der Waals surface area contributed by atoms with Gasteiger partial charge in [-0.05, 0) is 50.5 Å². The zero-order chi connectivity index (χ0) is 18.1. The van der Waals surface area contributed by atoms with Crippen LogP contribution < -0.4 is 16.0 Å². The number of anilines is 4. The summed E-state index contributed by atoms with van der Waals surface area (Å²) in [4.78, 5) is 11.3. The molecule has 134 valence electrons. The zero-order valence-corrected chi connectivity index (χ0v) is 15.1. The molecule has 0 radical (unpaired) electrons. The molecule has 1 aliphatic heterocycles. The first kappa shape index (κ1) is 16.4. The highest BCUT2D eigenvalue weighted by Gasteiger charge is 2.15. The van der Waals surface area contributed by atoms with Crippen LogP contribution in [0.4, 0.5) is 23.0 Å². The minimum atomic E-state index is 0.355. The number of nitrogens with two attached hydrogens (primary N) is 1. The summed E-state index contributed by atoms with van der Waals surface area (Å²) in [5.41, 5.74) is 11.9. The molecule has 4 rings (SSSR count). The summed E-state index contributed by atoms with van der Waals surface area (Å²) in [6, 6.07) is 8.25. The van der Waals surface area contributed by atoms with Crippen LogP contribution in [-0.2, 0) is 0 Å². The predicted octanol–water partition coefficient (Wildman–Crippen LogP) is 3.41. The van der Waals surface area contributed by atoms with Crippen molar-refractivity contribution in [2.75, 3.05) is 29.0 Å². The van der Waals surface area contributed by atoms with Gasteiger partial charge >= 0.3 is 0 Å². The molecular weight excluding hydrogens is 326 g/mol. The number of aromatic nitrogens is 4. The van der Waals surface area contributed by atoms with Crippen LogP contribution in [0.3, 0.4) is 0 Å². The van der Waals surface area contributed by atoms with Gasteiger partial charge in [0.1, 0.15) is 11.4 Å². The predicted molar refractivity (Wildman–Crippen MR) is 105 cm³/mol. The summed E-state index contributed by atoms with van der Waals surface area (Å²) in [6.07, 6.45) is 4.20. The van der Waals surface area contributed by atoms with Crippen LogP contribution in [0.5, 0.6) is 0 Å². The summed E-state index contributed by atoms with van der Waals surface area (Å²) in [6.45, 7) is 6.32. The van der Waals surface area contributed by atoms with Crippen molar-refractivity contribution in [1.82, 2.24) is 20.2 Å². The molecule has 3 heterocycles. The fourth-order valence-corrected chi connectivity index (χ4v) is 3.33. The Bertz CT molecular complexity index is 925. The monoisotopic (exact) mass is 349 g/mol. The summed E-state index contributed by atoms with van der Waals surface area (Å²) in [7, 11) is 0. The third-order valence-electron chi connectivity index (χ3n) is 4.68. The molecule has 0 spiro atoms. The highest BCUT2D eigenvalue weighted by Crippen LogP contribution is 2.29. The standard InChI is InChI=1S/C19H23N7/c1-12-5-6-14(10-16(12)26-7-3-4-8-26)22-17-11-21-18(19(20)23-17)15-9-13(2)24-25-15/h5-6,9-11H,3-4,7-8H2,1-2H3,(H,24,25)(H3,20,22,23). The number of nitrogens with zero attached hydrogens (tertiary/aromatic N) is 4. The Morgan fingerprint density at radius 1 is 1.15 bits per heavy atom. The molecule has 0 aliphatic carbocycles. The van der Waals surface area contributed by atoms with Crippen molar-refractivity contribution in [3.63, 3.8) is 0 Å². The quantitative estimate of drug-likeness (QED) is 0.668. The van der Waals surface area contributed by atoms with Crippen molar-refractivity contribution in [2.24, 2.45) is 0 Å². The molecule has 0 unspecified atom stereocenters. The van der Waals surface area contributed by atoms with Crippen molar-refractivity contribution in [3.8, 4) is 11.4 Å². The molecule has 1 aliphatic rings. The van der Waals surface area contributed by atoms with E-state index in [-0.39, 0.29) is 0 Å². The molecule has 0 amide bonds. The molecule has 1 fully saturated rings. The van der Waals surface area contributed by atoms with E-state index in [0.29, 0.717) is 23.0 Å². The number of nitrogens with one attached hydrogen (secondary N) is 2. The number of rotatable bonds is 4. The molecule has 7 nitrogen and oxygen atoms in total. The Morgan fingerprint density at radius 2 is 1.96 bits per heavy atom. The van der Waals surface area contributed by atoms with Crippen LogP contribution in [0.15, 0.2) is 30.5 Å². The van der Waals surface area contributed by atoms with Gasteiger partial charge in [-0.2, -0.15) is 5.10 Å². The molecule has 0 bridgehead atoms. The van der Waals surface area contributed by atoms with Gasteiger partial charge in [-0.3, -0.25) is 5.10 Å². The van der Waals surface area contributed by atoms with E-state index in [0.717, 1.165) is 24.5 Å². The van der Waals surface area contributed by atoms with Crippen LogP contribution in [-0.4, -0.2) is 33.3 Å². The van der Waals surface area contributed by atoms with Gasteiger partial charge in [0.05, 0.1) is 6.20 Å². The van der Waals surface area contributed by atoms with E-state index in [1.165, 1.54) is 24.1 Å². The smallest absolute Gasteiger partial charge is 0.154 e. The second-order valence-electron chi connectivity index (χ2n) is 6.75. The number of aromatic amines is 1. The minimum Gasteiger partial charge on any atom is -0.382 e. The SMILES string of the molecule is Cc1cc(-c2ncc(Nc3ccc(C)c(N4CCCC4)c3)nc2N)n[nH]1. The molecule has 0 atom stereocenters. The number of hydrogen-bond acceptors (Lipinski definition) is 6. The second kappa shape index (κ2) is 6.67. The number of nitrogen functional groups attached to an aromatic ring is 1. The number of hydrogen-bond donors (Lipinski definition) is 3.